The van der Waals surface area contributed by atoms with Gasteiger partial charge in [-0.3, -0.25) is 4.79 Å². The summed E-state index contributed by atoms with van der Waals surface area (Å²) in [6, 6.07) is -0.498. The molecule has 0 saturated carbocycles. The van der Waals surface area contributed by atoms with Crippen molar-refractivity contribution in [1.29, 1.82) is 0 Å². The first-order valence-electron chi connectivity index (χ1n) is 4.82. The Morgan fingerprint density at radius 1 is 1.54 bits per heavy atom. The molecule has 0 aromatic carbocycles. The van der Waals surface area contributed by atoms with Crippen LogP contribution in [0, 0.1) is 0 Å². The summed E-state index contributed by atoms with van der Waals surface area (Å²) < 4.78 is 0. The van der Waals surface area contributed by atoms with Gasteiger partial charge in [0.15, 0.2) is 0 Å². The molecule has 3 nitrogen and oxygen atoms in total. The lowest BCUT2D eigenvalue weighted by molar-refractivity contribution is -0.138. The average Bonchev–Trinajstić information content (AvgIpc) is 2.10. The molecule has 0 amide bonds. The van der Waals surface area contributed by atoms with Crippen molar-refractivity contribution < 1.29 is 9.90 Å². The van der Waals surface area contributed by atoms with Crippen molar-refractivity contribution in [2.45, 2.75) is 45.6 Å². The lowest BCUT2D eigenvalue weighted by Gasteiger charge is -2.04. The van der Waals surface area contributed by atoms with E-state index in [2.05, 4.69) is 12.2 Å². The molecule has 0 unspecified atom stereocenters. The van der Waals surface area contributed by atoms with Crippen molar-refractivity contribution in [3.8, 4) is 0 Å². The van der Waals surface area contributed by atoms with E-state index in [4.69, 9.17) is 5.11 Å². The van der Waals surface area contributed by atoms with Gasteiger partial charge in [0, 0.05) is 0 Å². The van der Waals surface area contributed by atoms with Crippen LogP contribution in [0.1, 0.15) is 39.5 Å². The SMILES string of the molecule is CCCCC/C=C/N[C@@H](C)C(=O)O. The first-order chi connectivity index (χ1) is 6.18. The molecule has 0 aromatic rings. The highest BCUT2D eigenvalue weighted by molar-refractivity contribution is 5.72. The number of carboxylic acids is 1. The quantitative estimate of drug-likeness (QED) is 0.597. The highest BCUT2D eigenvalue weighted by atomic mass is 16.4. The molecule has 0 saturated heterocycles. The van der Waals surface area contributed by atoms with Gasteiger partial charge in [-0.15, -0.1) is 0 Å². The topological polar surface area (TPSA) is 49.3 Å². The highest BCUT2D eigenvalue weighted by Crippen LogP contribution is 1.98. The van der Waals surface area contributed by atoms with Gasteiger partial charge in [0.1, 0.15) is 6.04 Å². The number of carboxylic acid groups (broad SMARTS) is 1. The van der Waals surface area contributed by atoms with Crippen molar-refractivity contribution in [2.75, 3.05) is 0 Å². The Labute approximate surface area is 79.8 Å². The maximum atomic E-state index is 10.4. The Bertz CT molecular complexity index is 166. The minimum Gasteiger partial charge on any atom is -0.480 e. The molecule has 0 heterocycles. The zero-order chi connectivity index (χ0) is 10.1. The number of hydrogen-bond acceptors (Lipinski definition) is 2. The largest absolute Gasteiger partial charge is 0.480 e. The van der Waals surface area contributed by atoms with E-state index in [-0.39, 0.29) is 0 Å². The second-order valence-corrected chi connectivity index (χ2v) is 3.12. The molecule has 2 N–H and O–H groups in total. The number of carbonyl (C=O) groups is 1. The van der Waals surface area contributed by atoms with E-state index in [9.17, 15) is 4.79 Å². The fraction of sp³-hybridized carbons (Fsp3) is 0.700. The molecule has 0 aromatic heterocycles. The summed E-state index contributed by atoms with van der Waals surface area (Å²) in [6.07, 6.45) is 8.36. The molecule has 0 aliphatic rings. The number of aliphatic carboxylic acids is 1. The summed E-state index contributed by atoms with van der Waals surface area (Å²) in [5.41, 5.74) is 0. The first kappa shape index (κ1) is 12.0. The normalized spacial score (nSPS) is 13.1. The molecule has 0 radical (unpaired) electrons. The molecule has 0 rings (SSSR count). The molecule has 0 aliphatic carbocycles. The predicted octanol–water partition coefficient (Wildman–Crippen LogP) is 2.14. The van der Waals surface area contributed by atoms with Crippen molar-refractivity contribution in [1.82, 2.24) is 5.32 Å². The molecule has 0 bridgehead atoms. The summed E-state index contributed by atoms with van der Waals surface area (Å²) in [5, 5.41) is 11.3. The highest BCUT2D eigenvalue weighted by Gasteiger charge is 2.05. The van der Waals surface area contributed by atoms with Gasteiger partial charge in [-0.25, -0.2) is 0 Å². The Hall–Kier alpha value is -0.990. The van der Waals surface area contributed by atoms with Crippen LogP contribution in [-0.4, -0.2) is 17.1 Å². The zero-order valence-corrected chi connectivity index (χ0v) is 8.42. The van der Waals surface area contributed by atoms with E-state index >= 15 is 0 Å². The van der Waals surface area contributed by atoms with Crippen LogP contribution in [0.4, 0.5) is 0 Å². The summed E-state index contributed by atoms with van der Waals surface area (Å²) in [5.74, 6) is -0.821. The van der Waals surface area contributed by atoms with Crippen LogP contribution >= 0.6 is 0 Å². The first-order valence-corrected chi connectivity index (χ1v) is 4.82. The van der Waals surface area contributed by atoms with Crippen LogP contribution in [0.15, 0.2) is 12.3 Å². The Kier molecular flexibility index (Phi) is 7.07. The molecule has 13 heavy (non-hydrogen) atoms. The van der Waals surface area contributed by atoms with Crippen molar-refractivity contribution >= 4 is 5.97 Å². The third-order valence-corrected chi connectivity index (χ3v) is 1.81. The minimum absolute atomic E-state index is 0.498. The lowest BCUT2D eigenvalue weighted by Crippen LogP contribution is -2.29. The number of unbranched alkanes of at least 4 members (excludes halogenated alkanes) is 3. The molecule has 0 spiro atoms. The van der Waals surface area contributed by atoms with E-state index < -0.39 is 12.0 Å². The van der Waals surface area contributed by atoms with E-state index in [0.29, 0.717) is 0 Å². The summed E-state index contributed by atoms with van der Waals surface area (Å²) >= 11 is 0. The number of allylic oxidation sites excluding steroid dienone is 1. The summed E-state index contributed by atoms with van der Waals surface area (Å²) in [4.78, 5) is 10.4. The lowest BCUT2D eigenvalue weighted by atomic mass is 10.2. The maximum absolute atomic E-state index is 10.4. The number of hydrogen-bond donors (Lipinski definition) is 2. The van der Waals surface area contributed by atoms with Crippen molar-refractivity contribution in [2.24, 2.45) is 0 Å². The van der Waals surface area contributed by atoms with Gasteiger partial charge in [-0.05, 0) is 26.0 Å². The predicted molar refractivity (Wildman–Crippen MR) is 53.5 cm³/mol. The van der Waals surface area contributed by atoms with Gasteiger partial charge >= 0.3 is 5.97 Å². The van der Waals surface area contributed by atoms with Gasteiger partial charge in [0.25, 0.3) is 0 Å². The van der Waals surface area contributed by atoms with E-state index in [0.717, 1.165) is 6.42 Å². The molecule has 3 heteroatoms. The van der Waals surface area contributed by atoms with Crippen molar-refractivity contribution in [3.05, 3.63) is 12.3 Å². The van der Waals surface area contributed by atoms with E-state index in [1.807, 2.05) is 6.08 Å². The Balaban J connectivity index is 3.35. The molecule has 1 atom stereocenters. The second-order valence-electron chi connectivity index (χ2n) is 3.12. The van der Waals surface area contributed by atoms with Crippen LogP contribution in [-0.2, 0) is 4.79 Å². The van der Waals surface area contributed by atoms with Crippen LogP contribution in [0.3, 0.4) is 0 Å². The molecular formula is C10H19NO2. The van der Waals surface area contributed by atoms with Gasteiger partial charge in [0.2, 0.25) is 0 Å². The van der Waals surface area contributed by atoms with Gasteiger partial charge < -0.3 is 10.4 Å². The second kappa shape index (κ2) is 7.65. The summed E-state index contributed by atoms with van der Waals surface area (Å²) in [7, 11) is 0. The van der Waals surface area contributed by atoms with Crippen LogP contribution in [0.5, 0.6) is 0 Å². The third kappa shape index (κ3) is 7.37. The van der Waals surface area contributed by atoms with Crippen LogP contribution in [0.25, 0.3) is 0 Å². The average molecular weight is 185 g/mol. The standard InChI is InChI=1S/C10H19NO2/c1-3-4-5-6-7-8-11-9(2)10(12)13/h7-9,11H,3-6H2,1-2H3,(H,12,13)/b8-7+/t9-/m0/s1. The van der Waals surface area contributed by atoms with E-state index in [1.54, 1.807) is 13.1 Å². The Morgan fingerprint density at radius 3 is 2.77 bits per heavy atom. The fourth-order valence-corrected chi connectivity index (χ4v) is 0.879. The fourth-order valence-electron chi connectivity index (χ4n) is 0.879. The van der Waals surface area contributed by atoms with Gasteiger partial charge in [0.05, 0.1) is 0 Å². The third-order valence-electron chi connectivity index (χ3n) is 1.81. The molecule has 76 valence electrons. The summed E-state index contributed by atoms with van der Waals surface area (Å²) in [6.45, 7) is 3.78. The monoisotopic (exact) mass is 185 g/mol. The van der Waals surface area contributed by atoms with Gasteiger partial charge in [-0.2, -0.15) is 0 Å². The van der Waals surface area contributed by atoms with Crippen LogP contribution < -0.4 is 5.32 Å². The Morgan fingerprint density at radius 2 is 2.23 bits per heavy atom. The maximum Gasteiger partial charge on any atom is 0.325 e. The van der Waals surface area contributed by atoms with Gasteiger partial charge in [-0.1, -0.05) is 25.8 Å². The van der Waals surface area contributed by atoms with Crippen LogP contribution in [0.2, 0.25) is 0 Å². The van der Waals surface area contributed by atoms with Crippen molar-refractivity contribution in [3.63, 3.8) is 0 Å². The van der Waals surface area contributed by atoms with E-state index in [1.165, 1.54) is 19.3 Å². The smallest absolute Gasteiger partial charge is 0.325 e. The molecule has 0 aliphatic heterocycles. The minimum atomic E-state index is -0.821. The number of rotatable bonds is 7. The molecule has 0 fully saturated rings. The molecular weight excluding hydrogens is 166 g/mol. The number of nitrogens with one attached hydrogen (secondary N) is 1. The zero-order valence-electron chi connectivity index (χ0n) is 8.42.